The molecular formula is C29H50N4O3. The van der Waals surface area contributed by atoms with Crippen molar-refractivity contribution in [1.82, 2.24) is 9.80 Å². The molecule has 5 fully saturated rings. The molecule has 36 heavy (non-hydrogen) atoms. The number of amides is 4. The molecule has 0 aromatic carbocycles. The number of urea groups is 1. The third-order valence-corrected chi connectivity index (χ3v) is 9.80. The molecular weight excluding hydrogens is 452 g/mol. The lowest BCUT2D eigenvalue weighted by atomic mass is 9.52. The molecule has 5 aliphatic rings. The smallest absolute Gasteiger partial charge is 0.327 e. The molecule has 4 saturated carbocycles. The molecule has 7 nitrogen and oxygen atoms in total. The van der Waals surface area contributed by atoms with Gasteiger partial charge in [0.2, 0.25) is 5.91 Å². The maximum atomic E-state index is 13.7. The first-order chi connectivity index (χ1) is 17.4. The molecule has 4 bridgehead atoms. The van der Waals surface area contributed by atoms with Crippen molar-refractivity contribution in [2.24, 2.45) is 41.1 Å². The minimum Gasteiger partial charge on any atom is -0.369 e. The molecule has 2 atom stereocenters. The summed E-state index contributed by atoms with van der Waals surface area (Å²) >= 11 is 0. The zero-order valence-corrected chi connectivity index (χ0v) is 22.6. The van der Waals surface area contributed by atoms with Gasteiger partial charge in [-0.1, -0.05) is 51.9 Å². The van der Waals surface area contributed by atoms with Crippen molar-refractivity contribution >= 4 is 17.8 Å². The largest absolute Gasteiger partial charge is 0.369 e. The first kappa shape index (κ1) is 27.4. The quantitative estimate of drug-likeness (QED) is 0.233. The molecule has 5 rings (SSSR count). The lowest BCUT2D eigenvalue weighted by Crippen LogP contribution is -2.62. The molecule has 1 aliphatic heterocycles. The second-order valence-electron chi connectivity index (χ2n) is 12.6. The van der Waals surface area contributed by atoms with Crippen molar-refractivity contribution in [3.8, 4) is 0 Å². The van der Waals surface area contributed by atoms with Crippen molar-refractivity contribution in [3.05, 3.63) is 0 Å². The number of nitrogens with zero attached hydrogens (tertiary/aromatic N) is 2. The summed E-state index contributed by atoms with van der Waals surface area (Å²) in [6.45, 7) is 3.42. The maximum absolute atomic E-state index is 13.7. The van der Waals surface area contributed by atoms with Gasteiger partial charge in [-0.3, -0.25) is 14.5 Å². The Bertz CT molecular complexity index is 749. The second-order valence-corrected chi connectivity index (χ2v) is 12.6. The van der Waals surface area contributed by atoms with E-state index in [1.54, 1.807) is 9.80 Å². The molecule has 0 aromatic heterocycles. The van der Waals surface area contributed by atoms with Crippen LogP contribution in [0.4, 0.5) is 4.79 Å². The predicted octanol–water partition coefficient (Wildman–Crippen LogP) is 4.82. The summed E-state index contributed by atoms with van der Waals surface area (Å²) in [6, 6.07) is -0.117. The van der Waals surface area contributed by atoms with E-state index in [4.69, 9.17) is 11.5 Å². The highest BCUT2D eigenvalue weighted by Gasteiger charge is 2.58. The van der Waals surface area contributed by atoms with Gasteiger partial charge in [-0.15, -0.1) is 0 Å². The fourth-order valence-corrected chi connectivity index (χ4v) is 8.51. The highest BCUT2D eigenvalue weighted by molar-refractivity contribution is 6.03. The third kappa shape index (κ3) is 6.08. The molecule has 204 valence electrons. The van der Waals surface area contributed by atoms with E-state index < -0.39 is 0 Å². The van der Waals surface area contributed by atoms with Gasteiger partial charge in [-0.25, -0.2) is 4.79 Å². The van der Waals surface area contributed by atoms with Gasteiger partial charge in [-0.2, -0.15) is 0 Å². The normalized spacial score (nSPS) is 30.9. The topological polar surface area (TPSA) is 110 Å². The van der Waals surface area contributed by atoms with E-state index in [1.807, 2.05) is 0 Å². The Balaban J connectivity index is 1.41. The van der Waals surface area contributed by atoms with Crippen LogP contribution in [-0.4, -0.2) is 52.8 Å². The SMILES string of the molecule is CCCCCCCCC(C(N)=O)[C@H](CCCCN)CN1CC(=O)N(C23CC4CC(CC(C4)C2)C3)C1=O. The van der Waals surface area contributed by atoms with Gasteiger partial charge in [0.1, 0.15) is 6.54 Å². The Morgan fingerprint density at radius 3 is 2.08 bits per heavy atom. The van der Waals surface area contributed by atoms with E-state index in [2.05, 4.69) is 6.92 Å². The van der Waals surface area contributed by atoms with Crippen LogP contribution in [-0.2, 0) is 9.59 Å². The molecule has 4 aliphatic carbocycles. The Hall–Kier alpha value is -1.63. The van der Waals surface area contributed by atoms with Crippen LogP contribution in [0.15, 0.2) is 0 Å². The number of carbonyl (C=O) groups is 3. The molecule has 7 heteroatoms. The van der Waals surface area contributed by atoms with E-state index >= 15 is 0 Å². The third-order valence-electron chi connectivity index (χ3n) is 9.80. The number of unbranched alkanes of at least 4 members (excludes halogenated alkanes) is 6. The average Bonchev–Trinajstić information content (AvgIpc) is 3.10. The van der Waals surface area contributed by atoms with Gasteiger partial charge >= 0.3 is 6.03 Å². The van der Waals surface area contributed by atoms with Gasteiger partial charge < -0.3 is 16.4 Å². The monoisotopic (exact) mass is 502 g/mol. The highest BCUT2D eigenvalue weighted by atomic mass is 16.2. The van der Waals surface area contributed by atoms with Crippen molar-refractivity contribution in [3.63, 3.8) is 0 Å². The van der Waals surface area contributed by atoms with Crippen molar-refractivity contribution < 1.29 is 14.4 Å². The van der Waals surface area contributed by atoms with Crippen LogP contribution >= 0.6 is 0 Å². The van der Waals surface area contributed by atoms with E-state index in [-0.39, 0.29) is 41.8 Å². The van der Waals surface area contributed by atoms with Gasteiger partial charge in [-0.05, 0) is 88.0 Å². The molecule has 1 saturated heterocycles. The molecule has 0 aromatic rings. The molecule has 1 heterocycles. The van der Waals surface area contributed by atoms with Gasteiger partial charge in [0.05, 0.1) is 5.54 Å². The fraction of sp³-hybridized carbons (Fsp3) is 0.897. The Morgan fingerprint density at radius 1 is 0.917 bits per heavy atom. The van der Waals surface area contributed by atoms with Gasteiger partial charge in [0.25, 0.3) is 5.91 Å². The zero-order valence-electron chi connectivity index (χ0n) is 22.6. The standard InChI is InChI=1S/C29H50N4O3/c1-2-3-4-5-6-7-11-25(27(31)35)24(10-8-9-12-30)19-32-20-26(34)33(28(32)36)29-16-21-13-22(17-29)15-23(14-21)18-29/h21-25H,2-20,30H2,1H3,(H2,31,35)/t21?,22?,23?,24-,25?,29?/m1/s1. The summed E-state index contributed by atoms with van der Waals surface area (Å²) in [5, 5.41) is 0. The maximum Gasteiger partial charge on any atom is 0.327 e. The van der Waals surface area contributed by atoms with Crippen LogP contribution in [0.5, 0.6) is 0 Å². The van der Waals surface area contributed by atoms with E-state index in [0.29, 0.717) is 30.8 Å². The first-order valence-corrected chi connectivity index (χ1v) is 15.0. The van der Waals surface area contributed by atoms with E-state index in [1.165, 1.54) is 44.9 Å². The predicted molar refractivity (Wildman–Crippen MR) is 142 cm³/mol. The summed E-state index contributed by atoms with van der Waals surface area (Å²) in [5.74, 6) is 1.44. The van der Waals surface area contributed by atoms with Crippen molar-refractivity contribution in [2.45, 2.75) is 115 Å². The number of hydrogen-bond acceptors (Lipinski definition) is 4. The minimum absolute atomic E-state index is 0.0160. The fourth-order valence-electron chi connectivity index (χ4n) is 8.51. The minimum atomic E-state index is -0.266. The Kier molecular flexibility index (Phi) is 9.35. The number of primary amides is 1. The lowest BCUT2D eigenvalue weighted by molar-refractivity contribution is -0.138. The van der Waals surface area contributed by atoms with Gasteiger partial charge in [0.15, 0.2) is 0 Å². The van der Waals surface area contributed by atoms with Crippen LogP contribution in [0, 0.1) is 29.6 Å². The lowest BCUT2D eigenvalue weighted by Gasteiger charge is -2.58. The van der Waals surface area contributed by atoms with E-state index in [0.717, 1.165) is 57.8 Å². The Morgan fingerprint density at radius 2 is 1.50 bits per heavy atom. The van der Waals surface area contributed by atoms with Gasteiger partial charge in [0, 0.05) is 12.5 Å². The Labute approximate surface area is 218 Å². The summed E-state index contributed by atoms with van der Waals surface area (Å²) in [5.41, 5.74) is 11.4. The molecule has 0 spiro atoms. The number of nitrogens with two attached hydrogens (primary N) is 2. The van der Waals surface area contributed by atoms with Crippen LogP contribution in [0.1, 0.15) is 110 Å². The number of carbonyl (C=O) groups excluding carboxylic acids is 3. The molecule has 1 unspecified atom stereocenters. The van der Waals surface area contributed by atoms with Crippen molar-refractivity contribution in [1.29, 1.82) is 0 Å². The summed E-state index contributed by atoms with van der Waals surface area (Å²) in [6.07, 6.45) is 17.2. The number of imide groups is 1. The molecule has 4 N–H and O–H groups in total. The van der Waals surface area contributed by atoms with Crippen LogP contribution in [0.3, 0.4) is 0 Å². The zero-order chi connectivity index (χ0) is 25.7. The summed E-state index contributed by atoms with van der Waals surface area (Å²) in [4.78, 5) is 43.0. The van der Waals surface area contributed by atoms with Crippen LogP contribution in [0.25, 0.3) is 0 Å². The van der Waals surface area contributed by atoms with Crippen LogP contribution < -0.4 is 11.5 Å². The molecule has 0 radical (unpaired) electrons. The highest BCUT2D eigenvalue weighted by Crippen LogP contribution is 2.58. The van der Waals surface area contributed by atoms with Crippen molar-refractivity contribution in [2.75, 3.05) is 19.6 Å². The second kappa shape index (κ2) is 12.3. The first-order valence-electron chi connectivity index (χ1n) is 15.0. The average molecular weight is 503 g/mol. The summed E-state index contributed by atoms with van der Waals surface area (Å²) < 4.78 is 0. The number of hydrogen-bond donors (Lipinski definition) is 2. The summed E-state index contributed by atoms with van der Waals surface area (Å²) in [7, 11) is 0. The molecule has 4 amide bonds. The van der Waals surface area contributed by atoms with E-state index in [9.17, 15) is 14.4 Å². The number of rotatable bonds is 16. The van der Waals surface area contributed by atoms with Crippen LogP contribution in [0.2, 0.25) is 0 Å².